The molecule has 0 amide bonds. The van der Waals surface area contributed by atoms with Crippen LogP contribution in [0.4, 0.5) is 4.39 Å². The Morgan fingerprint density at radius 2 is 2.18 bits per heavy atom. The van der Waals surface area contributed by atoms with Crippen molar-refractivity contribution < 1.29 is 9.18 Å². The van der Waals surface area contributed by atoms with Gasteiger partial charge in [0, 0.05) is 18.3 Å². The molecule has 0 spiro atoms. The number of carbonyl (C=O) groups is 1. The molecule has 0 saturated carbocycles. The first kappa shape index (κ1) is 11.5. The molecule has 0 N–H and O–H groups in total. The van der Waals surface area contributed by atoms with Crippen molar-refractivity contribution in [1.82, 2.24) is 4.98 Å². The quantitative estimate of drug-likeness (QED) is 0.754. The molecule has 3 heteroatoms. The number of carbonyl (C=O) groups excluding carboxylic acids is 1. The lowest BCUT2D eigenvalue weighted by Gasteiger charge is -2.10. The fraction of sp³-hybridized carbons (Fsp3) is 0.143. The molecule has 0 bridgehead atoms. The van der Waals surface area contributed by atoms with Crippen LogP contribution in [0.1, 0.15) is 17.0 Å². The maximum atomic E-state index is 13.1. The summed E-state index contributed by atoms with van der Waals surface area (Å²) in [5, 5.41) is 0. The van der Waals surface area contributed by atoms with Crippen LogP contribution in [0.15, 0.2) is 48.8 Å². The summed E-state index contributed by atoms with van der Waals surface area (Å²) in [5.74, 6) is -0.643. The first-order valence-corrected chi connectivity index (χ1v) is 5.39. The van der Waals surface area contributed by atoms with E-state index in [1.165, 1.54) is 12.1 Å². The highest BCUT2D eigenvalue weighted by Crippen LogP contribution is 2.19. The molecular formula is C14H12FNO. The fourth-order valence-electron chi connectivity index (χ4n) is 1.75. The lowest BCUT2D eigenvalue weighted by Crippen LogP contribution is -2.05. The molecule has 2 rings (SSSR count). The summed E-state index contributed by atoms with van der Waals surface area (Å²) in [6.07, 6.45) is 4.79. The Morgan fingerprint density at radius 3 is 2.82 bits per heavy atom. The van der Waals surface area contributed by atoms with Gasteiger partial charge in [-0.15, -0.1) is 0 Å². The smallest absolute Gasteiger partial charge is 0.127 e. The molecule has 1 aromatic heterocycles. The van der Waals surface area contributed by atoms with E-state index in [2.05, 4.69) is 4.98 Å². The van der Waals surface area contributed by atoms with Gasteiger partial charge in [-0.05, 0) is 35.7 Å². The van der Waals surface area contributed by atoms with Crippen LogP contribution >= 0.6 is 0 Å². The molecule has 0 aliphatic carbocycles. The zero-order valence-electron chi connectivity index (χ0n) is 9.21. The molecule has 1 atom stereocenters. The van der Waals surface area contributed by atoms with E-state index in [1.54, 1.807) is 24.5 Å². The molecular weight excluding hydrogens is 217 g/mol. The first-order chi connectivity index (χ1) is 8.29. The largest absolute Gasteiger partial charge is 0.303 e. The van der Waals surface area contributed by atoms with Gasteiger partial charge in [0.25, 0.3) is 0 Å². The summed E-state index contributed by atoms with van der Waals surface area (Å²) < 4.78 is 13.1. The van der Waals surface area contributed by atoms with Gasteiger partial charge >= 0.3 is 0 Å². The van der Waals surface area contributed by atoms with Gasteiger partial charge in [0.15, 0.2) is 0 Å². The van der Waals surface area contributed by atoms with E-state index in [9.17, 15) is 9.18 Å². The zero-order chi connectivity index (χ0) is 12.1. The standard InChI is InChI=1S/C14H12FNO/c15-14-5-1-4-12(8-14)13(10-17)7-11-3-2-6-16-9-11/h1-6,8-10,13H,7H2. The number of halogens is 1. The van der Waals surface area contributed by atoms with Crippen LogP contribution < -0.4 is 0 Å². The maximum Gasteiger partial charge on any atom is 0.127 e. The van der Waals surface area contributed by atoms with E-state index >= 15 is 0 Å². The summed E-state index contributed by atoms with van der Waals surface area (Å²) in [5.41, 5.74) is 1.66. The van der Waals surface area contributed by atoms with Crippen LogP contribution in [0.25, 0.3) is 0 Å². The minimum Gasteiger partial charge on any atom is -0.303 e. The molecule has 2 aromatic rings. The van der Waals surface area contributed by atoms with Crippen molar-refractivity contribution in [1.29, 1.82) is 0 Å². The molecule has 1 aromatic carbocycles. The van der Waals surface area contributed by atoms with Crippen molar-refractivity contribution in [2.75, 3.05) is 0 Å². The summed E-state index contributed by atoms with van der Waals surface area (Å²) in [7, 11) is 0. The monoisotopic (exact) mass is 229 g/mol. The van der Waals surface area contributed by atoms with Gasteiger partial charge < -0.3 is 4.79 Å². The van der Waals surface area contributed by atoms with Crippen LogP contribution in [0, 0.1) is 5.82 Å². The third-order valence-electron chi connectivity index (χ3n) is 2.62. The van der Waals surface area contributed by atoms with E-state index in [0.717, 1.165) is 11.8 Å². The predicted octanol–water partition coefficient (Wildman–Crippen LogP) is 2.75. The van der Waals surface area contributed by atoms with E-state index in [1.807, 2.05) is 12.1 Å². The molecule has 0 radical (unpaired) electrons. The fourth-order valence-corrected chi connectivity index (χ4v) is 1.75. The molecule has 0 saturated heterocycles. The van der Waals surface area contributed by atoms with E-state index in [-0.39, 0.29) is 11.7 Å². The van der Waals surface area contributed by atoms with Gasteiger partial charge in [0.1, 0.15) is 12.1 Å². The Morgan fingerprint density at radius 1 is 1.29 bits per heavy atom. The SMILES string of the molecule is O=CC(Cc1cccnc1)c1cccc(F)c1. The van der Waals surface area contributed by atoms with Gasteiger partial charge in [-0.1, -0.05) is 18.2 Å². The minimum atomic E-state index is -0.324. The van der Waals surface area contributed by atoms with Crippen LogP contribution in [0.3, 0.4) is 0 Å². The van der Waals surface area contributed by atoms with Crippen LogP contribution in [0.2, 0.25) is 0 Å². The third kappa shape index (κ3) is 2.97. The van der Waals surface area contributed by atoms with Crippen molar-refractivity contribution in [2.24, 2.45) is 0 Å². The number of hydrogen-bond acceptors (Lipinski definition) is 2. The highest BCUT2D eigenvalue weighted by Gasteiger charge is 2.11. The highest BCUT2D eigenvalue weighted by atomic mass is 19.1. The van der Waals surface area contributed by atoms with Crippen LogP contribution in [-0.2, 0) is 11.2 Å². The van der Waals surface area contributed by atoms with Gasteiger partial charge in [-0.2, -0.15) is 0 Å². The average molecular weight is 229 g/mol. The van der Waals surface area contributed by atoms with Gasteiger partial charge in [-0.3, -0.25) is 4.98 Å². The zero-order valence-corrected chi connectivity index (χ0v) is 9.21. The Bertz CT molecular complexity index is 499. The molecule has 0 aliphatic rings. The minimum absolute atomic E-state index is 0.319. The summed E-state index contributed by atoms with van der Waals surface area (Å²) in [6, 6.07) is 9.87. The number of aromatic nitrogens is 1. The lowest BCUT2D eigenvalue weighted by atomic mass is 9.94. The van der Waals surface area contributed by atoms with Crippen molar-refractivity contribution in [3.8, 4) is 0 Å². The Labute approximate surface area is 99.1 Å². The number of nitrogens with zero attached hydrogens (tertiary/aromatic N) is 1. The normalized spacial score (nSPS) is 12.1. The van der Waals surface area contributed by atoms with E-state index in [0.29, 0.717) is 12.0 Å². The molecule has 86 valence electrons. The number of rotatable bonds is 4. The lowest BCUT2D eigenvalue weighted by molar-refractivity contribution is -0.109. The second kappa shape index (κ2) is 5.34. The first-order valence-electron chi connectivity index (χ1n) is 5.39. The Kier molecular flexibility index (Phi) is 3.60. The van der Waals surface area contributed by atoms with Crippen molar-refractivity contribution >= 4 is 6.29 Å². The van der Waals surface area contributed by atoms with Gasteiger partial charge in [0.2, 0.25) is 0 Å². The molecule has 1 heterocycles. The number of aldehydes is 1. The average Bonchev–Trinajstić information content (AvgIpc) is 2.37. The molecule has 0 fully saturated rings. The highest BCUT2D eigenvalue weighted by molar-refractivity contribution is 5.62. The van der Waals surface area contributed by atoms with Crippen LogP contribution in [0.5, 0.6) is 0 Å². The van der Waals surface area contributed by atoms with Gasteiger partial charge in [-0.25, -0.2) is 4.39 Å². The van der Waals surface area contributed by atoms with Gasteiger partial charge in [0.05, 0.1) is 0 Å². The predicted molar refractivity (Wildman–Crippen MR) is 63.1 cm³/mol. The number of hydrogen-bond donors (Lipinski definition) is 0. The maximum absolute atomic E-state index is 13.1. The molecule has 17 heavy (non-hydrogen) atoms. The summed E-state index contributed by atoms with van der Waals surface area (Å²) >= 11 is 0. The number of benzene rings is 1. The topological polar surface area (TPSA) is 30.0 Å². The third-order valence-corrected chi connectivity index (χ3v) is 2.62. The van der Waals surface area contributed by atoms with E-state index in [4.69, 9.17) is 0 Å². The Hall–Kier alpha value is -2.03. The second-order valence-corrected chi connectivity index (χ2v) is 3.86. The summed E-state index contributed by atoms with van der Waals surface area (Å²) in [6.45, 7) is 0. The summed E-state index contributed by atoms with van der Waals surface area (Å²) in [4.78, 5) is 15.1. The van der Waals surface area contributed by atoms with E-state index < -0.39 is 0 Å². The molecule has 0 aliphatic heterocycles. The van der Waals surface area contributed by atoms with Crippen LogP contribution in [-0.4, -0.2) is 11.3 Å². The number of pyridine rings is 1. The molecule has 1 unspecified atom stereocenters. The molecule has 2 nitrogen and oxygen atoms in total. The van der Waals surface area contributed by atoms with Crippen molar-refractivity contribution in [2.45, 2.75) is 12.3 Å². The second-order valence-electron chi connectivity index (χ2n) is 3.86. The Balaban J connectivity index is 2.20. The van der Waals surface area contributed by atoms with Crippen molar-refractivity contribution in [3.05, 3.63) is 65.7 Å². The van der Waals surface area contributed by atoms with Crippen molar-refractivity contribution in [3.63, 3.8) is 0 Å².